The van der Waals surface area contributed by atoms with Gasteiger partial charge in [0.2, 0.25) is 0 Å². The summed E-state index contributed by atoms with van der Waals surface area (Å²) in [7, 11) is 3.37. The zero-order chi connectivity index (χ0) is 14.9. The van der Waals surface area contributed by atoms with E-state index in [1.54, 1.807) is 18.8 Å². The van der Waals surface area contributed by atoms with E-state index in [1.165, 1.54) is 0 Å². The van der Waals surface area contributed by atoms with Gasteiger partial charge in [0.1, 0.15) is 11.4 Å². The molecule has 0 aliphatic heterocycles. The molecule has 0 saturated carbocycles. The Morgan fingerprint density at radius 1 is 1.50 bits per heavy atom. The van der Waals surface area contributed by atoms with Crippen molar-refractivity contribution in [1.82, 2.24) is 9.78 Å². The molecule has 5 nitrogen and oxygen atoms in total. The number of carbonyl (C=O) groups is 1. The molecule has 0 radical (unpaired) electrons. The zero-order valence-electron chi connectivity index (χ0n) is 11.5. The summed E-state index contributed by atoms with van der Waals surface area (Å²) in [6, 6.07) is 5.75. The number of nitrogens with zero attached hydrogens (tertiary/aromatic N) is 2. The maximum atomic E-state index is 10.9. The lowest BCUT2D eigenvalue weighted by molar-refractivity contribution is -0.136. The van der Waals surface area contributed by atoms with Crippen LogP contribution in [0.2, 0.25) is 0 Å². The van der Waals surface area contributed by atoms with Crippen LogP contribution in [-0.4, -0.2) is 28.0 Å². The van der Waals surface area contributed by atoms with Crippen molar-refractivity contribution in [3.63, 3.8) is 0 Å². The minimum Gasteiger partial charge on any atom is -0.496 e. The van der Waals surface area contributed by atoms with Gasteiger partial charge in [-0.1, -0.05) is 0 Å². The lowest BCUT2D eigenvalue weighted by Crippen LogP contribution is -2.06. The van der Waals surface area contributed by atoms with Gasteiger partial charge in [-0.25, -0.2) is 0 Å². The van der Waals surface area contributed by atoms with Crippen molar-refractivity contribution in [2.45, 2.75) is 13.3 Å². The molecule has 0 atom stereocenters. The number of carboxylic acids is 1. The van der Waals surface area contributed by atoms with Crippen LogP contribution in [0.4, 0.5) is 0 Å². The lowest BCUT2D eigenvalue weighted by atomic mass is 10.1. The third-order valence-electron chi connectivity index (χ3n) is 3.09. The Hall–Kier alpha value is -1.82. The molecule has 1 aromatic carbocycles. The van der Waals surface area contributed by atoms with Crippen molar-refractivity contribution in [3.05, 3.63) is 33.9 Å². The summed E-state index contributed by atoms with van der Waals surface area (Å²) in [4.78, 5) is 10.9. The Balaban J connectivity index is 2.48. The zero-order valence-corrected chi connectivity index (χ0v) is 13.1. The van der Waals surface area contributed by atoms with Crippen LogP contribution in [0.15, 0.2) is 22.7 Å². The third-order valence-corrected chi connectivity index (χ3v) is 3.92. The summed E-state index contributed by atoms with van der Waals surface area (Å²) in [6.45, 7) is 1.96. The Bertz CT molecular complexity index is 665. The van der Waals surface area contributed by atoms with Gasteiger partial charge in [-0.15, -0.1) is 0 Å². The molecule has 0 aliphatic rings. The topological polar surface area (TPSA) is 64.4 Å². The predicted molar refractivity (Wildman–Crippen MR) is 79.0 cm³/mol. The molecule has 2 rings (SSSR count). The summed E-state index contributed by atoms with van der Waals surface area (Å²) in [5.41, 5.74) is 3.29. The maximum Gasteiger partial charge on any atom is 0.309 e. The smallest absolute Gasteiger partial charge is 0.309 e. The van der Waals surface area contributed by atoms with E-state index in [1.807, 2.05) is 25.1 Å². The number of aromatic nitrogens is 2. The first-order valence-electron chi connectivity index (χ1n) is 6.02. The van der Waals surface area contributed by atoms with E-state index in [4.69, 9.17) is 9.84 Å². The van der Waals surface area contributed by atoms with Gasteiger partial charge in [-0.05, 0) is 46.6 Å². The molecule has 0 unspecified atom stereocenters. The maximum absolute atomic E-state index is 10.9. The molecule has 1 aromatic heterocycles. The van der Waals surface area contributed by atoms with E-state index in [-0.39, 0.29) is 6.42 Å². The number of aliphatic carboxylic acids is 1. The van der Waals surface area contributed by atoms with Gasteiger partial charge in [-0.3, -0.25) is 9.48 Å². The average molecular weight is 339 g/mol. The fourth-order valence-corrected chi connectivity index (χ4v) is 2.78. The van der Waals surface area contributed by atoms with E-state index in [9.17, 15) is 4.79 Å². The molecule has 1 N–H and O–H groups in total. The minimum absolute atomic E-state index is 0.0702. The minimum atomic E-state index is -0.883. The van der Waals surface area contributed by atoms with Gasteiger partial charge >= 0.3 is 5.97 Å². The Morgan fingerprint density at radius 2 is 2.20 bits per heavy atom. The fourth-order valence-electron chi connectivity index (χ4n) is 2.08. The number of halogens is 1. The molecule has 2 aromatic rings. The molecule has 0 aliphatic carbocycles. The van der Waals surface area contributed by atoms with Crippen molar-refractivity contribution in [3.8, 4) is 17.0 Å². The molecule has 1 heterocycles. The number of hydrogen-bond acceptors (Lipinski definition) is 3. The number of carboxylic acid groups (broad SMARTS) is 1. The molecular weight excluding hydrogens is 324 g/mol. The van der Waals surface area contributed by atoms with Gasteiger partial charge in [0.25, 0.3) is 0 Å². The number of aryl methyl sites for hydroxylation is 2. The summed E-state index contributed by atoms with van der Waals surface area (Å²) in [6.07, 6.45) is -0.0702. The second-order valence-corrected chi connectivity index (χ2v) is 5.28. The lowest BCUT2D eigenvalue weighted by Gasteiger charge is -2.06. The van der Waals surface area contributed by atoms with Gasteiger partial charge in [-0.2, -0.15) is 5.10 Å². The molecule has 106 valence electrons. The number of hydrogen-bond donors (Lipinski definition) is 1. The highest BCUT2D eigenvalue weighted by Crippen LogP contribution is 2.32. The quantitative estimate of drug-likeness (QED) is 0.930. The van der Waals surface area contributed by atoms with Crippen molar-refractivity contribution in [1.29, 1.82) is 0 Å². The number of ether oxygens (including phenoxy) is 1. The van der Waals surface area contributed by atoms with Gasteiger partial charge in [0, 0.05) is 12.6 Å². The highest BCUT2D eigenvalue weighted by atomic mass is 79.9. The summed E-state index contributed by atoms with van der Waals surface area (Å²) >= 11 is 3.45. The van der Waals surface area contributed by atoms with Crippen LogP contribution in [0.3, 0.4) is 0 Å². The summed E-state index contributed by atoms with van der Waals surface area (Å²) in [5, 5.41) is 13.3. The third kappa shape index (κ3) is 2.70. The van der Waals surface area contributed by atoms with Crippen LogP contribution < -0.4 is 4.74 Å². The number of methoxy groups -OCH3 is 1. The second-order valence-electron chi connectivity index (χ2n) is 4.49. The van der Waals surface area contributed by atoms with E-state index in [2.05, 4.69) is 21.0 Å². The standard InChI is InChI=1S/C14H15BrN2O3/c1-8-6-9(4-5-11(8)20-3)14-13(15)10(7-12(18)19)17(2)16-14/h4-6H,7H2,1-3H3,(H,18,19). The van der Waals surface area contributed by atoms with Crippen LogP contribution >= 0.6 is 15.9 Å². The van der Waals surface area contributed by atoms with Crippen molar-refractivity contribution >= 4 is 21.9 Å². The highest BCUT2D eigenvalue weighted by Gasteiger charge is 2.18. The first-order chi connectivity index (χ1) is 9.43. The molecule has 0 spiro atoms. The molecular formula is C14H15BrN2O3. The average Bonchev–Trinajstić information content (AvgIpc) is 2.66. The van der Waals surface area contributed by atoms with Crippen LogP contribution in [-0.2, 0) is 18.3 Å². The molecule has 20 heavy (non-hydrogen) atoms. The van der Waals surface area contributed by atoms with E-state index in [0.29, 0.717) is 10.2 Å². The number of benzene rings is 1. The van der Waals surface area contributed by atoms with Gasteiger partial charge in [0.15, 0.2) is 0 Å². The van der Waals surface area contributed by atoms with E-state index >= 15 is 0 Å². The molecule has 0 bridgehead atoms. The van der Waals surface area contributed by atoms with E-state index < -0.39 is 5.97 Å². The fraction of sp³-hybridized carbons (Fsp3) is 0.286. The van der Waals surface area contributed by atoms with Gasteiger partial charge < -0.3 is 9.84 Å². The van der Waals surface area contributed by atoms with Crippen molar-refractivity contribution < 1.29 is 14.6 Å². The highest BCUT2D eigenvalue weighted by molar-refractivity contribution is 9.10. The first kappa shape index (κ1) is 14.6. The monoisotopic (exact) mass is 338 g/mol. The number of rotatable bonds is 4. The molecule has 0 saturated heterocycles. The summed E-state index contributed by atoms with van der Waals surface area (Å²) in [5.74, 6) is -0.0716. The Labute approximate surface area is 125 Å². The Morgan fingerprint density at radius 3 is 2.75 bits per heavy atom. The SMILES string of the molecule is COc1ccc(-c2nn(C)c(CC(=O)O)c2Br)cc1C. The summed E-state index contributed by atoms with van der Waals surface area (Å²) < 4.78 is 7.54. The molecule has 0 amide bonds. The van der Waals surface area contributed by atoms with Crippen LogP contribution in [0.25, 0.3) is 11.3 Å². The first-order valence-corrected chi connectivity index (χ1v) is 6.81. The van der Waals surface area contributed by atoms with E-state index in [0.717, 1.165) is 22.6 Å². The van der Waals surface area contributed by atoms with Crippen molar-refractivity contribution in [2.75, 3.05) is 7.11 Å². The van der Waals surface area contributed by atoms with Crippen molar-refractivity contribution in [2.24, 2.45) is 7.05 Å². The normalized spacial score (nSPS) is 10.6. The molecule has 6 heteroatoms. The second kappa shape index (κ2) is 5.66. The Kier molecular flexibility index (Phi) is 4.13. The van der Waals surface area contributed by atoms with Gasteiger partial charge in [0.05, 0.1) is 23.7 Å². The predicted octanol–water partition coefficient (Wildman–Crippen LogP) is 2.79. The van der Waals surface area contributed by atoms with Crippen LogP contribution in [0.1, 0.15) is 11.3 Å². The van der Waals surface area contributed by atoms with Crippen LogP contribution in [0, 0.1) is 6.92 Å². The molecule has 0 fully saturated rings. The largest absolute Gasteiger partial charge is 0.496 e. The van der Waals surface area contributed by atoms with Crippen LogP contribution in [0.5, 0.6) is 5.75 Å².